The number of hydrogen-bond acceptors (Lipinski definition) is 7. The van der Waals surface area contributed by atoms with Crippen LogP contribution in [0.5, 0.6) is 0 Å². The van der Waals surface area contributed by atoms with Crippen molar-refractivity contribution >= 4 is 33.2 Å². The number of nitrogens with zero attached hydrogens (tertiary/aromatic N) is 2. The van der Waals surface area contributed by atoms with E-state index in [4.69, 9.17) is 9.47 Å². The van der Waals surface area contributed by atoms with Gasteiger partial charge >= 0.3 is 0 Å². The fourth-order valence-electron chi connectivity index (χ4n) is 6.11. The highest BCUT2D eigenvalue weighted by atomic mass is 32.2. The van der Waals surface area contributed by atoms with Crippen molar-refractivity contribution in [3.05, 3.63) is 83.2 Å². The average Bonchev–Trinajstić information content (AvgIpc) is 3.18. The zero-order chi connectivity index (χ0) is 30.7. The molecule has 3 aliphatic heterocycles. The summed E-state index contributed by atoms with van der Waals surface area (Å²) in [5.41, 5.74) is 4.41. The Balaban J connectivity index is 1.19. The van der Waals surface area contributed by atoms with Gasteiger partial charge in [0.25, 0.3) is 5.91 Å². The van der Waals surface area contributed by atoms with Crippen molar-refractivity contribution in [2.24, 2.45) is 0 Å². The lowest BCUT2D eigenvalue weighted by Crippen LogP contribution is -2.36. The Hall–Kier alpha value is -3.57. The van der Waals surface area contributed by atoms with Crippen LogP contribution in [0.1, 0.15) is 30.4 Å². The summed E-state index contributed by atoms with van der Waals surface area (Å²) in [6.45, 7) is 4.77. The predicted molar refractivity (Wildman–Crippen MR) is 170 cm³/mol. The molecular weight excluding hydrogens is 581 g/mol. The topological polar surface area (TPSA) is 88.2 Å². The Labute approximate surface area is 258 Å². The second-order valence-corrected chi connectivity index (χ2v) is 13.7. The Kier molecular flexibility index (Phi) is 9.13. The lowest BCUT2D eigenvalue weighted by Gasteiger charge is -2.31. The number of nitrogens with one attached hydrogen (secondary N) is 1. The summed E-state index contributed by atoms with van der Waals surface area (Å²) in [6, 6.07) is 18.3. The molecule has 0 aliphatic carbocycles. The molecule has 2 saturated heterocycles. The summed E-state index contributed by atoms with van der Waals surface area (Å²) in [4.78, 5) is 17.8. The smallest absolute Gasteiger partial charge is 0.251 e. The van der Waals surface area contributed by atoms with Crippen LogP contribution in [0.15, 0.2) is 71.1 Å². The van der Waals surface area contributed by atoms with E-state index < -0.39 is 9.84 Å². The lowest BCUT2D eigenvalue weighted by atomic mass is 10.0. The van der Waals surface area contributed by atoms with E-state index in [-0.39, 0.29) is 28.8 Å². The third-order valence-electron chi connectivity index (χ3n) is 8.70. The molecule has 0 bridgehead atoms. The zero-order valence-corrected chi connectivity index (χ0v) is 25.7. The monoisotopic (exact) mass is 619 g/mol. The number of carbonyl (C=O) groups is 1. The number of benzene rings is 3. The number of anilines is 2. The molecule has 3 aromatic carbocycles. The van der Waals surface area contributed by atoms with E-state index in [0.717, 1.165) is 38.2 Å². The van der Waals surface area contributed by atoms with Crippen molar-refractivity contribution in [3.63, 3.8) is 0 Å². The van der Waals surface area contributed by atoms with Crippen molar-refractivity contribution in [2.45, 2.75) is 36.7 Å². The van der Waals surface area contributed by atoms with Gasteiger partial charge in [-0.25, -0.2) is 12.8 Å². The molecule has 0 radical (unpaired) electrons. The zero-order valence-electron chi connectivity index (χ0n) is 24.9. The summed E-state index contributed by atoms with van der Waals surface area (Å²) in [6.07, 6.45) is 3.79. The molecule has 1 amide bonds. The predicted octanol–water partition coefficient (Wildman–Crippen LogP) is 5.14. The van der Waals surface area contributed by atoms with Crippen LogP contribution < -0.4 is 10.2 Å². The van der Waals surface area contributed by atoms with Crippen molar-refractivity contribution in [3.8, 4) is 11.1 Å². The molecule has 3 aliphatic rings. The number of rotatable bonds is 7. The summed E-state index contributed by atoms with van der Waals surface area (Å²) >= 11 is 0. The maximum Gasteiger partial charge on any atom is 0.251 e. The SMILES string of the molecule is CN(Cc1ccc(NC(=O)C2=Cc3cc(-c4ccc(N5CCOCC5)c(F)c4)ccc3S(=O)(=O)CC2)cc1)C1CCOCC1. The van der Waals surface area contributed by atoms with Gasteiger partial charge in [0.2, 0.25) is 0 Å². The molecule has 3 aromatic rings. The molecule has 0 aromatic heterocycles. The van der Waals surface area contributed by atoms with Crippen LogP contribution in [0.25, 0.3) is 17.2 Å². The Morgan fingerprint density at radius 3 is 2.36 bits per heavy atom. The first-order valence-corrected chi connectivity index (χ1v) is 16.8. The van der Waals surface area contributed by atoms with Gasteiger partial charge in [-0.3, -0.25) is 9.69 Å². The third kappa shape index (κ3) is 6.89. The standard InChI is InChI=1S/C34H38FN3O5S/c1-37(30-10-15-42-16-11-30)23-24-2-6-29(7-3-24)36-34(39)27-12-19-44(40,41)33-9-5-25(20-28(33)21-27)26-4-8-32(31(35)22-26)38-13-17-43-18-14-38/h2-9,20-22,30H,10-19,23H2,1H3,(H,36,39). The first kappa shape index (κ1) is 30.5. The summed E-state index contributed by atoms with van der Waals surface area (Å²) in [5, 5.41) is 2.94. The average molecular weight is 620 g/mol. The summed E-state index contributed by atoms with van der Waals surface area (Å²) < 4.78 is 52.3. The van der Waals surface area contributed by atoms with Gasteiger partial charge in [0.15, 0.2) is 9.84 Å². The van der Waals surface area contributed by atoms with Crippen LogP contribution in [-0.4, -0.2) is 77.6 Å². The molecule has 1 N–H and O–H groups in total. The van der Waals surface area contributed by atoms with E-state index in [2.05, 4.69) is 17.3 Å². The molecule has 44 heavy (non-hydrogen) atoms. The van der Waals surface area contributed by atoms with Gasteiger partial charge in [-0.15, -0.1) is 0 Å². The van der Waals surface area contributed by atoms with Crippen LogP contribution in [0.4, 0.5) is 15.8 Å². The summed E-state index contributed by atoms with van der Waals surface area (Å²) in [7, 11) is -1.49. The molecule has 232 valence electrons. The molecule has 6 rings (SSSR count). The minimum Gasteiger partial charge on any atom is -0.381 e. The maximum absolute atomic E-state index is 15.1. The number of morpholine rings is 1. The highest BCUT2D eigenvalue weighted by molar-refractivity contribution is 7.91. The molecule has 0 spiro atoms. The molecular formula is C34H38FN3O5S. The van der Waals surface area contributed by atoms with Crippen LogP contribution in [0.2, 0.25) is 0 Å². The molecule has 2 fully saturated rings. The van der Waals surface area contributed by atoms with Gasteiger partial charge in [0.05, 0.1) is 29.5 Å². The number of ether oxygens (including phenoxy) is 2. The van der Waals surface area contributed by atoms with Gasteiger partial charge in [-0.05, 0) is 91.0 Å². The van der Waals surface area contributed by atoms with Crippen molar-refractivity contribution in [2.75, 3.05) is 62.5 Å². The fourth-order valence-corrected chi connectivity index (χ4v) is 7.57. The largest absolute Gasteiger partial charge is 0.381 e. The minimum atomic E-state index is -3.61. The van der Waals surface area contributed by atoms with Crippen molar-refractivity contribution in [1.29, 1.82) is 0 Å². The second kappa shape index (κ2) is 13.2. The number of fused-ring (bicyclic) bond motifs is 1. The normalized spacial score (nSPS) is 18.8. The molecule has 8 nitrogen and oxygen atoms in total. The van der Waals surface area contributed by atoms with Crippen LogP contribution in [0, 0.1) is 5.82 Å². The van der Waals surface area contributed by atoms with Crippen molar-refractivity contribution < 1.29 is 27.1 Å². The molecule has 0 atom stereocenters. The first-order valence-electron chi connectivity index (χ1n) is 15.2. The molecule has 0 unspecified atom stereocenters. The number of halogens is 1. The molecule has 3 heterocycles. The Morgan fingerprint density at radius 1 is 0.955 bits per heavy atom. The quantitative estimate of drug-likeness (QED) is 0.392. The van der Waals surface area contributed by atoms with E-state index in [1.165, 1.54) is 6.07 Å². The van der Waals surface area contributed by atoms with E-state index in [1.807, 2.05) is 35.2 Å². The highest BCUT2D eigenvalue weighted by Gasteiger charge is 2.26. The van der Waals surface area contributed by atoms with Crippen LogP contribution in [-0.2, 0) is 30.7 Å². The van der Waals surface area contributed by atoms with Gasteiger partial charge in [-0.1, -0.05) is 24.3 Å². The number of hydrogen-bond donors (Lipinski definition) is 1. The van der Waals surface area contributed by atoms with E-state index in [1.54, 1.807) is 30.3 Å². The number of sulfone groups is 1. The lowest BCUT2D eigenvalue weighted by molar-refractivity contribution is -0.112. The van der Waals surface area contributed by atoms with Gasteiger partial charge in [0, 0.05) is 50.2 Å². The van der Waals surface area contributed by atoms with Gasteiger partial charge in [-0.2, -0.15) is 0 Å². The van der Waals surface area contributed by atoms with Crippen LogP contribution >= 0.6 is 0 Å². The number of carbonyl (C=O) groups excluding carboxylic acids is 1. The highest BCUT2D eigenvalue weighted by Crippen LogP contribution is 2.33. The van der Waals surface area contributed by atoms with E-state index in [0.29, 0.717) is 66.0 Å². The summed E-state index contributed by atoms with van der Waals surface area (Å²) in [5.74, 6) is -0.853. The van der Waals surface area contributed by atoms with Gasteiger partial charge < -0.3 is 19.7 Å². The van der Waals surface area contributed by atoms with E-state index in [9.17, 15) is 13.2 Å². The van der Waals surface area contributed by atoms with Crippen molar-refractivity contribution in [1.82, 2.24) is 4.90 Å². The van der Waals surface area contributed by atoms with Crippen LogP contribution in [0.3, 0.4) is 0 Å². The Bertz CT molecular complexity index is 1650. The first-order chi connectivity index (χ1) is 21.3. The maximum atomic E-state index is 15.1. The number of amides is 1. The molecule has 10 heteroatoms. The third-order valence-corrected chi connectivity index (χ3v) is 10.5. The Morgan fingerprint density at radius 2 is 1.64 bits per heavy atom. The minimum absolute atomic E-state index is 0.0923. The second-order valence-electron chi connectivity index (χ2n) is 11.7. The van der Waals surface area contributed by atoms with Gasteiger partial charge in [0.1, 0.15) is 5.82 Å². The van der Waals surface area contributed by atoms with E-state index >= 15 is 4.39 Å². The molecule has 0 saturated carbocycles. The fraction of sp³-hybridized carbons (Fsp3) is 0.382.